The summed E-state index contributed by atoms with van der Waals surface area (Å²) in [4.78, 5) is 28.8. The van der Waals surface area contributed by atoms with Crippen LogP contribution in [-0.4, -0.2) is 33.8 Å². The van der Waals surface area contributed by atoms with Crippen molar-refractivity contribution in [2.45, 2.75) is 18.8 Å². The van der Waals surface area contributed by atoms with E-state index in [1.807, 2.05) is 18.2 Å². The molecule has 0 radical (unpaired) electrons. The monoisotopic (exact) mass is 391 g/mol. The summed E-state index contributed by atoms with van der Waals surface area (Å²) in [5.41, 5.74) is 0.902. The standard InChI is InChI=1S/C17H14ClN3O4S/c18-11-1-3-14-12(9-11)19-16(26-14)10-5-7-20(8-6-10)17(22)13-2-4-15(25-13)21(23)24/h1-4,9-10H,5-8H2. The molecule has 1 aliphatic rings. The number of hydrogen-bond acceptors (Lipinski definition) is 6. The zero-order valence-corrected chi connectivity index (χ0v) is 15.1. The highest BCUT2D eigenvalue weighted by Gasteiger charge is 2.28. The van der Waals surface area contributed by atoms with Crippen LogP contribution < -0.4 is 0 Å². The van der Waals surface area contributed by atoms with Gasteiger partial charge in [0.15, 0.2) is 5.76 Å². The minimum Gasteiger partial charge on any atom is -0.395 e. The average molecular weight is 392 g/mol. The molecule has 0 spiro atoms. The van der Waals surface area contributed by atoms with Crippen molar-refractivity contribution in [3.63, 3.8) is 0 Å². The number of hydrogen-bond donors (Lipinski definition) is 0. The average Bonchev–Trinajstić information content (AvgIpc) is 3.28. The summed E-state index contributed by atoms with van der Waals surface area (Å²) in [6, 6.07) is 8.24. The normalized spacial score (nSPS) is 15.5. The molecule has 1 aromatic carbocycles. The molecule has 0 aliphatic carbocycles. The molecule has 1 amide bonds. The van der Waals surface area contributed by atoms with Crippen LogP contribution in [0.15, 0.2) is 34.7 Å². The molecule has 0 bridgehead atoms. The number of aromatic nitrogens is 1. The molecule has 0 atom stereocenters. The number of amides is 1. The summed E-state index contributed by atoms with van der Waals surface area (Å²) < 4.78 is 6.11. The van der Waals surface area contributed by atoms with Gasteiger partial charge in [0.25, 0.3) is 5.91 Å². The Morgan fingerprint density at radius 2 is 2.08 bits per heavy atom. The number of nitrogens with zero attached hydrogens (tertiary/aromatic N) is 3. The van der Waals surface area contributed by atoms with E-state index in [9.17, 15) is 14.9 Å². The van der Waals surface area contributed by atoms with E-state index < -0.39 is 10.8 Å². The van der Waals surface area contributed by atoms with Gasteiger partial charge in [-0.25, -0.2) is 4.98 Å². The van der Waals surface area contributed by atoms with Crippen LogP contribution in [0.5, 0.6) is 0 Å². The summed E-state index contributed by atoms with van der Waals surface area (Å²) in [6.45, 7) is 1.13. The zero-order valence-electron chi connectivity index (χ0n) is 13.6. The second kappa shape index (κ2) is 6.69. The molecule has 7 nitrogen and oxygen atoms in total. The van der Waals surface area contributed by atoms with E-state index in [2.05, 4.69) is 4.98 Å². The highest BCUT2D eigenvalue weighted by Crippen LogP contribution is 2.35. The van der Waals surface area contributed by atoms with E-state index in [1.165, 1.54) is 12.1 Å². The quantitative estimate of drug-likeness (QED) is 0.485. The summed E-state index contributed by atoms with van der Waals surface area (Å²) in [6.07, 6.45) is 1.59. The number of furan rings is 1. The summed E-state index contributed by atoms with van der Waals surface area (Å²) in [7, 11) is 0. The molecular formula is C17H14ClN3O4S. The Morgan fingerprint density at radius 3 is 2.77 bits per heavy atom. The van der Waals surface area contributed by atoms with Gasteiger partial charge in [0.2, 0.25) is 0 Å². The maximum Gasteiger partial charge on any atom is 0.433 e. The lowest BCUT2D eigenvalue weighted by atomic mass is 9.97. The van der Waals surface area contributed by atoms with Crippen molar-refractivity contribution in [2.75, 3.05) is 13.1 Å². The van der Waals surface area contributed by atoms with Gasteiger partial charge in [0.05, 0.1) is 21.3 Å². The van der Waals surface area contributed by atoms with Gasteiger partial charge in [-0.1, -0.05) is 11.6 Å². The first-order valence-electron chi connectivity index (χ1n) is 8.11. The van der Waals surface area contributed by atoms with Crippen LogP contribution in [0.1, 0.15) is 34.3 Å². The molecule has 0 N–H and O–H groups in total. The first-order chi connectivity index (χ1) is 12.5. The van der Waals surface area contributed by atoms with Crippen LogP contribution in [0.25, 0.3) is 10.2 Å². The molecule has 4 rings (SSSR count). The molecule has 2 aromatic heterocycles. The van der Waals surface area contributed by atoms with Crippen molar-refractivity contribution < 1.29 is 14.1 Å². The predicted molar refractivity (Wildman–Crippen MR) is 97.9 cm³/mol. The topological polar surface area (TPSA) is 89.5 Å². The van der Waals surface area contributed by atoms with Crippen molar-refractivity contribution in [3.05, 3.63) is 56.2 Å². The molecule has 3 heterocycles. The Balaban J connectivity index is 1.44. The fraction of sp³-hybridized carbons (Fsp3) is 0.294. The van der Waals surface area contributed by atoms with E-state index in [-0.39, 0.29) is 11.7 Å². The van der Waals surface area contributed by atoms with Gasteiger partial charge in [-0.05, 0) is 37.1 Å². The number of likely N-dealkylation sites (tertiary alicyclic amines) is 1. The molecule has 0 saturated carbocycles. The lowest BCUT2D eigenvalue weighted by molar-refractivity contribution is -0.402. The minimum atomic E-state index is -0.650. The summed E-state index contributed by atoms with van der Waals surface area (Å²) in [5, 5.41) is 12.4. The van der Waals surface area contributed by atoms with Gasteiger partial charge in [-0.3, -0.25) is 14.9 Å². The minimum absolute atomic E-state index is 0.00442. The molecule has 26 heavy (non-hydrogen) atoms. The second-order valence-electron chi connectivity index (χ2n) is 6.13. The largest absolute Gasteiger partial charge is 0.433 e. The van der Waals surface area contributed by atoms with Crippen LogP contribution in [0.3, 0.4) is 0 Å². The summed E-state index contributed by atoms with van der Waals surface area (Å²) >= 11 is 7.67. The van der Waals surface area contributed by atoms with E-state index in [1.54, 1.807) is 16.2 Å². The lowest BCUT2D eigenvalue weighted by Crippen LogP contribution is -2.37. The fourth-order valence-electron chi connectivity index (χ4n) is 3.12. The summed E-state index contributed by atoms with van der Waals surface area (Å²) in [5.74, 6) is -0.435. The lowest BCUT2D eigenvalue weighted by Gasteiger charge is -2.30. The number of nitro groups is 1. The van der Waals surface area contributed by atoms with Crippen molar-refractivity contribution in [2.24, 2.45) is 0 Å². The van der Waals surface area contributed by atoms with Gasteiger partial charge < -0.3 is 9.32 Å². The number of rotatable bonds is 3. The number of halogens is 1. The molecule has 3 aromatic rings. The van der Waals surface area contributed by atoms with E-state index in [0.29, 0.717) is 24.0 Å². The third-order valence-corrected chi connectivity index (χ3v) is 5.91. The molecule has 1 aliphatic heterocycles. The molecule has 134 valence electrons. The van der Waals surface area contributed by atoms with Crippen molar-refractivity contribution in [1.82, 2.24) is 9.88 Å². The maximum absolute atomic E-state index is 12.4. The Hall–Kier alpha value is -2.45. The Labute approximate surface area is 157 Å². The molecule has 0 unspecified atom stereocenters. The number of thiazole rings is 1. The number of benzene rings is 1. The van der Waals surface area contributed by atoms with Crippen LogP contribution in [0, 0.1) is 10.1 Å². The first-order valence-corrected chi connectivity index (χ1v) is 9.30. The van der Waals surface area contributed by atoms with Gasteiger partial charge in [-0.2, -0.15) is 0 Å². The van der Waals surface area contributed by atoms with Gasteiger partial charge in [0, 0.05) is 24.0 Å². The Morgan fingerprint density at radius 1 is 1.31 bits per heavy atom. The third kappa shape index (κ3) is 3.17. The maximum atomic E-state index is 12.4. The van der Waals surface area contributed by atoms with Gasteiger partial charge in [-0.15, -0.1) is 11.3 Å². The highest BCUT2D eigenvalue weighted by atomic mass is 35.5. The highest BCUT2D eigenvalue weighted by molar-refractivity contribution is 7.18. The van der Waals surface area contributed by atoms with Gasteiger partial charge in [0.1, 0.15) is 4.92 Å². The fourth-order valence-corrected chi connectivity index (χ4v) is 4.40. The van der Waals surface area contributed by atoms with Crippen LogP contribution in [-0.2, 0) is 0 Å². The Kier molecular flexibility index (Phi) is 4.37. The smallest absolute Gasteiger partial charge is 0.395 e. The first kappa shape index (κ1) is 17.0. The molecule has 1 fully saturated rings. The zero-order chi connectivity index (χ0) is 18.3. The SMILES string of the molecule is O=C(c1ccc([N+](=O)[O-])o1)N1CCC(c2nc3cc(Cl)ccc3s2)CC1. The van der Waals surface area contributed by atoms with Crippen LogP contribution in [0.4, 0.5) is 5.88 Å². The second-order valence-corrected chi connectivity index (χ2v) is 7.62. The van der Waals surface area contributed by atoms with Crippen LogP contribution >= 0.6 is 22.9 Å². The number of carbonyl (C=O) groups is 1. The van der Waals surface area contributed by atoms with Gasteiger partial charge >= 0.3 is 5.88 Å². The number of carbonyl (C=O) groups excluding carboxylic acids is 1. The molecule has 9 heteroatoms. The predicted octanol–water partition coefficient (Wildman–Crippen LogP) is 4.47. The van der Waals surface area contributed by atoms with E-state index in [0.717, 1.165) is 28.1 Å². The Bertz CT molecular complexity index is 991. The molecule has 1 saturated heterocycles. The number of fused-ring (bicyclic) bond motifs is 1. The van der Waals surface area contributed by atoms with E-state index in [4.69, 9.17) is 16.0 Å². The third-order valence-electron chi connectivity index (χ3n) is 4.48. The van der Waals surface area contributed by atoms with E-state index >= 15 is 0 Å². The van der Waals surface area contributed by atoms with Crippen LogP contribution in [0.2, 0.25) is 5.02 Å². The van der Waals surface area contributed by atoms with Crippen molar-refractivity contribution in [1.29, 1.82) is 0 Å². The van der Waals surface area contributed by atoms with Crippen molar-refractivity contribution >= 4 is 44.9 Å². The molecular weight excluding hydrogens is 378 g/mol. The number of piperidine rings is 1. The van der Waals surface area contributed by atoms with Crippen molar-refractivity contribution in [3.8, 4) is 0 Å².